The molecular formula is C11H19N5O2. The third-order valence-corrected chi connectivity index (χ3v) is 2.04. The van der Waals surface area contributed by atoms with Crippen molar-refractivity contribution in [2.45, 2.75) is 46.2 Å². The van der Waals surface area contributed by atoms with Gasteiger partial charge in [0.15, 0.2) is 0 Å². The fraction of sp³-hybridized carbons (Fsp3) is 0.636. The lowest BCUT2D eigenvalue weighted by molar-refractivity contribution is -0.124. The number of nitrogens with zero attached hydrogens (tertiary/aromatic N) is 2. The third kappa shape index (κ3) is 4.15. The van der Waals surface area contributed by atoms with E-state index in [1.54, 1.807) is 13.8 Å². The van der Waals surface area contributed by atoms with E-state index >= 15 is 0 Å². The zero-order valence-corrected chi connectivity index (χ0v) is 11.3. The van der Waals surface area contributed by atoms with E-state index in [4.69, 9.17) is 0 Å². The summed E-state index contributed by atoms with van der Waals surface area (Å²) in [6, 6.07) is -0.643. The smallest absolute Gasteiger partial charge is 0.291 e. The van der Waals surface area contributed by atoms with Crippen molar-refractivity contribution in [3.05, 3.63) is 11.6 Å². The van der Waals surface area contributed by atoms with Gasteiger partial charge in [-0.3, -0.25) is 14.7 Å². The standard InChI is InChI=1S/C11H19N5O2/c1-6(9(17)14-11(3,4)5)12-10(18)8-13-7(2)15-16-8/h6H,1-5H3,(H,12,18)(H,14,17)(H,13,15,16). The molecule has 1 atom stereocenters. The molecule has 0 spiro atoms. The quantitative estimate of drug-likeness (QED) is 0.713. The second-order valence-electron chi connectivity index (χ2n) is 5.18. The fourth-order valence-electron chi connectivity index (χ4n) is 1.25. The van der Waals surface area contributed by atoms with E-state index in [1.807, 2.05) is 20.8 Å². The molecule has 1 rings (SSSR count). The van der Waals surface area contributed by atoms with E-state index in [-0.39, 0.29) is 17.3 Å². The lowest BCUT2D eigenvalue weighted by Crippen LogP contribution is -2.51. The molecule has 0 aromatic carbocycles. The van der Waals surface area contributed by atoms with Gasteiger partial charge in [0.25, 0.3) is 5.91 Å². The molecule has 0 radical (unpaired) electrons. The summed E-state index contributed by atoms with van der Waals surface area (Å²) >= 11 is 0. The molecule has 7 heteroatoms. The molecule has 7 nitrogen and oxygen atoms in total. The van der Waals surface area contributed by atoms with Crippen LogP contribution in [0.4, 0.5) is 0 Å². The summed E-state index contributed by atoms with van der Waals surface area (Å²) in [7, 11) is 0. The van der Waals surface area contributed by atoms with Crippen LogP contribution in [-0.4, -0.2) is 38.6 Å². The number of hydrogen-bond donors (Lipinski definition) is 3. The number of carbonyl (C=O) groups excluding carboxylic acids is 2. The summed E-state index contributed by atoms with van der Waals surface area (Å²) in [5, 5.41) is 11.6. The molecule has 1 unspecified atom stereocenters. The van der Waals surface area contributed by atoms with Crippen molar-refractivity contribution in [2.24, 2.45) is 0 Å². The van der Waals surface area contributed by atoms with Gasteiger partial charge in [0.1, 0.15) is 11.9 Å². The molecule has 2 amide bonds. The molecule has 1 aromatic heterocycles. The molecule has 1 heterocycles. The molecule has 0 saturated heterocycles. The summed E-state index contributed by atoms with van der Waals surface area (Å²) in [4.78, 5) is 27.3. The molecule has 0 fully saturated rings. The van der Waals surface area contributed by atoms with E-state index in [1.165, 1.54) is 0 Å². The van der Waals surface area contributed by atoms with Crippen LogP contribution >= 0.6 is 0 Å². The molecule has 0 aliphatic rings. The Morgan fingerprint density at radius 3 is 2.39 bits per heavy atom. The van der Waals surface area contributed by atoms with Crippen molar-refractivity contribution in [1.82, 2.24) is 25.8 Å². The highest BCUT2D eigenvalue weighted by Gasteiger charge is 2.22. The first-order valence-electron chi connectivity index (χ1n) is 5.71. The van der Waals surface area contributed by atoms with Crippen molar-refractivity contribution in [3.63, 3.8) is 0 Å². The summed E-state index contributed by atoms with van der Waals surface area (Å²) in [6.45, 7) is 8.92. The van der Waals surface area contributed by atoms with Crippen LogP contribution in [0.2, 0.25) is 0 Å². The zero-order chi connectivity index (χ0) is 13.9. The Bertz CT molecular complexity index is 447. The summed E-state index contributed by atoms with van der Waals surface area (Å²) in [5.41, 5.74) is -0.336. The number of nitrogens with one attached hydrogen (secondary N) is 3. The maximum atomic E-state index is 11.8. The van der Waals surface area contributed by atoms with Crippen LogP contribution in [0.15, 0.2) is 0 Å². The van der Waals surface area contributed by atoms with Crippen LogP contribution in [0, 0.1) is 6.92 Å². The molecule has 3 N–H and O–H groups in total. The average molecular weight is 253 g/mol. The van der Waals surface area contributed by atoms with E-state index in [0.717, 1.165) is 0 Å². The van der Waals surface area contributed by atoms with Gasteiger partial charge in [0.05, 0.1) is 0 Å². The lowest BCUT2D eigenvalue weighted by atomic mass is 10.1. The first-order chi connectivity index (χ1) is 8.19. The van der Waals surface area contributed by atoms with Gasteiger partial charge in [-0.25, -0.2) is 4.98 Å². The summed E-state index contributed by atoms with van der Waals surface area (Å²) in [6.07, 6.45) is 0. The predicted octanol–water partition coefficient (Wildman–Crippen LogP) is 0.146. The summed E-state index contributed by atoms with van der Waals surface area (Å²) in [5.74, 6) is -0.145. The van der Waals surface area contributed by atoms with E-state index < -0.39 is 11.9 Å². The van der Waals surface area contributed by atoms with Gasteiger partial charge >= 0.3 is 0 Å². The zero-order valence-electron chi connectivity index (χ0n) is 11.3. The van der Waals surface area contributed by atoms with Gasteiger partial charge in [-0.05, 0) is 34.6 Å². The first kappa shape index (κ1) is 14.1. The number of H-pyrrole nitrogens is 1. The van der Waals surface area contributed by atoms with Crippen molar-refractivity contribution >= 4 is 11.8 Å². The molecule has 0 saturated carbocycles. The minimum atomic E-state index is -0.643. The van der Waals surface area contributed by atoms with Gasteiger partial charge < -0.3 is 10.6 Å². The van der Waals surface area contributed by atoms with Crippen LogP contribution in [-0.2, 0) is 4.79 Å². The maximum Gasteiger partial charge on any atom is 0.291 e. The second-order valence-corrected chi connectivity index (χ2v) is 5.18. The SMILES string of the molecule is Cc1nc(C(=O)NC(C)C(=O)NC(C)(C)C)n[nH]1. The maximum absolute atomic E-state index is 11.8. The van der Waals surface area contributed by atoms with E-state index in [0.29, 0.717) is 5.82 Å². The number of hydrogen-bond acceptors (Lipinski definition) is 4. The number of aryl methyl sites for hydroxylation is 1. The van der Waals surface area contributed by atoms with Gasteiger partial charge in [-0.1, -0.05) is 0 Å². The minimum absolute atomic E-state index is 0.0305. The number of aromatic nitrogens is 3. The van der Waals surface area contributed by atoms with E-state index in [2.05, 4.69) is 25.8 Å². The Balaban J connectivity index is 2.57. The topological polar surface area (TPSA) is 99.8 Å². The normalized spacial score (nSPS) is 12.9. The van der Waals surface area contributed by atoms with Crippen molar-refractivity contribution in [1.29, 1.82) is 0 Å². The third-order valence-electron chi connectivity index (χ3n) is 2.04. The number of amides is 2. The monoisotopic (exact) mass is 253 g/mol. The van der Waals surface area contributed by atoms with Crippen LogP contribution in [0.5, 0.6) is 0 Å². The highest BCUT2D eigenvalue weighted by atomic mass is 16.2. The Hall–Kier alpha value is -1.92. The second kappa shape index (κ2) is 5.16. The molecule has 1 aromatic rings. The highest BCUT2D eigenvalue weighted by molar-refractivity contribution is 5.94. The van der Waals surface area contributed by atoms with Gasteiger partial charge in [0.2, 0.25) is 11.7 Å². The fourth-order valence-corrected chi connectivity index (χ4v) is 1.25. The molecule has 18 heavy (non-hydrogen) atoms. The predicted molar refractivity (Wildman–Crippen MR) is 65.9 cm³/mol. The molecule has 0 bridgehead atoms. The van der Waals surface area contributed by atoms with Gasteiger partial charge in [-0.15, -0.1) is 5.10 Å². The first-order valence-corrected chi connectivity index (χ1v) is 5.71. The van der Waals surface area contributed by atoms with Crippen LogP contribution in [0.25, 0.3) is 0 Å². The van der Waals surface area contributed by atoms with Gasteiger partial charge in [-0.2, -0.15) is 0 Å². The Morgan fingerprint density at radius 1 is 1.33 bits per heavy atom. The van der Waals surface area contributed by atoms with Crippen molar-refractivity contribution in [3.8, 4) is 0 Å². The Labute approximate surface area is 106 Å². The van der Waals surface area contributed by atoms with Crippen LogP contribution < -0.4 is 10.6 Å². The number of aromatic amines is 1. The van der Waals surface area contributed by atoms with E-state index in [9.17, 15) is 9.59 Å². The molecule has 100 valence electrons. The molecule has 0 aliphatic heterocycles. The highest BCUT2D eigenvalue weighted by Crippen LogP contribution is 2.00. The molecule has 0 aliphatic carbocycles. The number of rotatable bonds is 3. The van der Waals surface area contributed by atoms with Crippen molar-refractivity contribution < 1.29 is 9.59 Å². The largest absolute Gasteiger partial charge is 0.350 e. The average Bonchev–Trinajstić information content (AvgIpc) is 2.62. The Morgan fingerprint density at radius 2 is 1.94 bits per heavy atom. The van der Waals surface area contributed by atoms with Crippen LogP contribution in [0.1, 0.15) is 44.1 Å². The van der Waals surface area contributed by atoms with Crippen molar-refractivity contribution in [2.75, 3.05) is 0 Å². The lowest BCUT2D eigenvalue weighted by Gasteiger charge is -2.23. The molecular weight excluding hydrogens is 234 g/mol. The minimum Gasteiger partial charge on any atom is -0.350 e. The van der Waals surface area contributed by atoms with Gasteiger partial charge in [0, 0.05) is 5.54 Å². The Kier molecular flexibility index (Phi) is 4.05. The van der Waals surface area contributed by atoms with Crippen LogP contribution in [0.3, 0.4) is 0 Å². The summed E-state index contributed by atoms with van der Waals surface area (Å²) < 4.78 is 0. The number of carbonyl (C=O) groups is 2.